The van der Waals surface area contributed by atoms with Crippen LogP contribution in [0, 0.1) is 11.6 Å². The van der Waals surface area contributed by atoms with Crippen molar-refractivity contribution in [2.45, 2.75) is 11.4 Å². The molecule has 0 aromatic heterocycles. The van der Waals surface area contributed by atoms with Gasteiger partial charge in [-0.15, -0.1) is 0 Å². The number of amides is 1. The molecule has 1 amide bonds. The molecule has 31 heavy (non-hydrogen) atoms. The summed E-state index contributed by atoms with van der Waals surface area (Å²) in [4.78, 5) is 12.4. The molecule has 1 heterocycles. The van der Waals surface area contributed by atoms with E-state index in [4.69, 9.17) is 16.3 Å². The number of aromatic hydroxyl groups is 1. The number of fused-ring (bicyclic) bond motifs is 6. The van der Waals surface area contributed by atoms with Crippen molar-refractivity contribution in [3.05, 3.63) is 70.2 Å². The van der Waals surface area contributed by atoms with E-state index in [2.05, 4.69) is 10.0 Å². The lowest BCUT2D eigenvalue weighted by atomic mass is 9.98. The number of hydrogen-bond acceptors (Lipinski definition) is 4. The fourth-order valence-corrected chi connectivity index (χ4v) is 4.46. The lowest BCUT2D eigenvalue weighted by molar-refractivity contribution is 0.0950. The van der Waals surface area contributed by atoms with Gasteiger partial charge in [-0.3, -0.25) is 9.52 Å². The predicted octanol–water partition coefficient (Wildman–Crippen LogP) is 4.38. The van der Waals surface area contributed by atoms with Crippen molar-refractivity contribution in [3.63, 3.8) is 0 Å². The molecule has 0 radical (unpaired) electrons. The van der Waals surface area contributed by atoms with Crippen LogP contribution < -0.4 is 14.8 Å². The average Bonchev–Trinajstić information content (AvgIpc) is 2.75. The summed E-state index contributed by atoms with van der Waals surface area (Å²) < 4.78 is 49.6. The van der Waals surface area contributed by atoms with E-state index in [-0.39, 0.29) is 33.3 Å². The molecule has 0 saturated heterocycles. The van der Waals surface area contributed by atoms with Crippen molar-refractivity contribution in [3.8, 4) is 22.6 Å². The summed E-state index contributed by atoms with van der Waals surface area (Å²) >= 11 is 5.99. The van der Waals surface area contributed by atoms with Gasteiger partial charge in [-0.1, -0.05) is 17.7 Å². The highest BCUT2D eigenvalue weighted by molar-refractivity contribution is 7.86. The monoisotopic (exact) mass is 464 g/mol. The van der Waals surface area contributed by atoms with Crippen LogP contribution in [0.25, 0.3) is 11.1 Å². The minimum Gasteiger partial charge on any atom is -0.505 e. The molecular weight excluding hydrogens is 450 g/mol. The maximum atomic E-state index is 14.7. The van der Waals surface area contributed by atoms with Crippen molar-refractivity contribution in [1.82, 2.24) is 5.32 Å². The molecule has 3 aromatic rings. The van der Waals surface area contributed by atoms with Gasteiger partial charge in [0.15, 0.2) is 16.7 Å². The van der Waals surface area contributed by atoms with Crippen molar-refractivity contribution in [2.24, 2.45) is 0 Å². The molecular formula is C21H15ClF2N2O4S. The molecule has 1 atom stereocenters. The number of hydrogen-bond donors (Lipinski definition) is 3. The molecule has 0 spiro atoms. The maximum Gasteiger partial charge on any atom is 0.251 e. The van der Waals surface area contributed by atoms with Gasteiger partial charge >= 0.3 is 0 Å². The Morgan fingerprint density at radius 3 is 2.61 bits per heavy atom. The van der Waals surface area contributed by atoms with Gasteiger partial charge in [-0.2, -0.15) is 0 Å². The highest BCUT2D eigenvalue weighted by Gasteiger charge is 2.22. The van der Waals surface area contributed by atoms with E-state index in [1.165, 1.54) is 25.3 Å². The molecule has 4 rings (SSSR count). The van der Waals surface area contributed by atoms with E-state index in [0.717, 1.165) is 0 Å². The minimum absolute atomic E-state index is 0.00859. The summed E-state index contributed by atoms with van der Waals surface area (Å²) in [5.41, 5.74) is 0.690. The van der Waals surface area contributed by atoms with Crippen molar-refractivity contribution < 1.29 is 27.6 Å². The highest BCUT2D eigenvalue weighted by atomic mass is 35.5. The predicted molar refractivity (Wildman–Crippen MR) is 113 cm³/mol. The van der Waals surface area contributed by atoms with Crippen LogP contribution in [-0.2, 0) is 17.5 Å². The smallest absolute Gasteiger partial charge is 0.251 e. The second-order valence-corrected chi connectivity index (χ2v) is 8.28. The average molecular weight is 465 g/mol. The lowest BCUT2D eigenvalue weighted by Crippen LogP contribution is -2.23. The third-order valence-electron chi connectivity index (χ3n) is 4.80. The van der Waals surface area contributed by atoms with Crippen molar-refractivity contribution in [1.29, 1.82) is 0 Å². The maximum absolute atomic E-state index is 14.7. The summed E-state index contributed by atoms with van der Waals surface area (Å²) in [6.07, 6.45) is 0. The third kappa shape index (κ3) is 3.94. The standard InChI is InChI=1S/C21H15ClF2N2O4S/c1-30-12-3-2-10-9-25-21(28)11-4-15(22)20(27)19(5-11)31(29)26-18-7-14(13(10)6-12)16(23)8-17(18)24/h2-8,26-27H,9H2,1H3,(H,25,28). The number of benzene rings is 3. The summed E-state index contributed by atoms with van der Waals surface area (Å²) in [5, 5.41) is 12.7. The Kier molecular flexibility index (Phi) is 5.55. The molecule has 3 aromatic carbocycles. The van der Waals surface area contributed by atoms with Crippen LogP contribution in [0.3, 0.4) is 0 Å². The summed E-state index contributed by atoms with van der Waals surface area (Å²) in [7, 11) is -0.760. The first-order valence-electron chi connectivity index (χ1n) is 8.94. The van der Waals surface area contributed by atoms with E-state index in [1.54, 1.807) is 18.2 Å². The van der Waals surface area contributed by atoms with Gasteiger partial charge in [0.2, 0.25) is 0 Å². The molecule has 6 nitrogen and oxygen atoms in total. The molecule has 3 N–H and O–H groups in total. The second-order valence-electron chi connectivity index (χ2n) is 6.69. The highest BCUT2D eigenvalue weighted by Crippen LogP contribution is 2.36. The Labute approximate surface area is 183 Å². The molecule has 1 unspecified atom stereocenters. The van der Waals surface area contributed by atoms with E-state index in [0.29, 0.717) is 22.9 Å². The fraction of sp³-hybridized carbons (Fsp3) is 0.0952. The zero-order valence-corrected chi connectivity index (χ0v) is 17.5. The molecule has 1 aliphatic heterocycles. The summed E-state index contributed by atoms with van der Waals surface area (Å²) in [6.45, 7) is 0.00859. The zero-order chi connectivity index (χ0) is 22.3. The second kappa shape index (κ2) is 8.16. The van der Waals surface area contributed by atoms with Gasteiger partial charge in [-0.05, 0) is 41.5 Å². The zero-order valence-electron chi connectivity index (χ0n) is 16.0. The van der Waals surface area contributed by atoms with E-state index in [9.17, 15) is 22.9 Å². The molecule has 1 aliphatic rings. The first kappa shape index (κ1) is 21.1. The Morgan fingerprint density at radius 2 is 1.87 bits per heavy atom. The SMILES string of the molecule is COc1ccc2c(c1)-c1cc(c(F)cc1F)NS(=O)c1cc(cc(Cl)c1O)C(=O)NC2. The van der Waals surface area contributed by atoms with Gasteiger partial charge in [0.05, 0.1) is 17.8 Å². The van der Waals surface area contributed by atoms with Gasteiger partial charge in [0.25, 0.3) is 5.91 Å². The first-order chi connectivity index (χ1) is 14.8. The quantitative estimate of drug-likeness (QED) is 0.499. The summed E-state index contributed by atoms with van der Waals surface area (Å²) in [5.74, 6) is -2.48. The van der Waals surface area contributed by atoms with Crippen LogP contribution >= 0.6 is 11.6 Å². The molecule has 0 saturated carbocycles. The topological polar surface area (TPSA) is 87.7 Å². The number of carbonyl (C=O) groups is 1. The van der Waals surface area contributed by atoms with Crippen LogP contribution in [0.15, 0.2) is 47.4 Å². The number of rotatable bonds is 1. The minimum atomic E-state index is -2.21. The molecule has 0 aliphatic carbocycles. The third-order valence-corrected chi connectivity index (χ3v) is 6.20. The van der Waals surface area contributed by atoms with E-state index < -0.39 is 34.3 Å². The fourth-order valence-electron chi connectivity index (χ4n) is 3.20. The normalized spacial score (nSPS) is 15.5. The number of halogens is 3. The Balaban J connectivity index is 1.96. The largest absolute Gasteiger partial charge is 0.505 e. The first-order valence-corrected chi connectivity index (χ1v) is 10.5. The van der Waals surface area contributed by atoms with E-state index >= 15 is 0 Å². The number of nitrogens with one attached hydrogen (secondary N) is 2. The number of methoxy groups -OCH3 is 1. The molecule has 0 fully saturated rings. The number of ether oxygens (including phenoxy) is 1. The number of phenolic OH excluding ortho intramolecular Hbond substituents is 1. The van der Waals surface area contributed by atoms with Crippen molar-refractivity contribution in [2.75, 3.05) is 11.8 Å². The van der Waals surface area contributed by atoms with Crippen molar-refractivity contribution >= 4 is 34.2 Å². The van der Waals surface area contributed by atoms with Gasteiger partial charge in [-0.25, -0.2) is 13.0 Å². The summed E-state index contributed by atoms with van der Waals surface area (Å²) in [6, 6.07) is 9.10. The van der Waals surface area contributed by atoms with Crippen LogP contribution in [-0.4, -0.2) is 22.3 Å². The van der Waals surface area contributed by atoms with Crippen LogP contribution in [0.5, 0.6) is 11.5 Å². The van der Waals surface area contributed by atoms with Gasteiger partial charge in [0.1, 0.15) is 22.3 Å². The number of anilines is 1. The Hall–Kier alpha value is -3.17. The van der Waals surface area contributed by atoms with Gasteiger partial charge in [0, 0.05) is 23.7 Å². The Morgan fingerprint density at radius 1 is 1.10 bits per heavy atom. The van der Waals surface area contributed by atoms with Gasteiger partial charge < -0.3 is 15.2 Å². The van der Waals surface area contributed by atoms with Crippen LogP contribution in [0.4, 0.5) is 14.5 Å². The number of carbonyl (C=O) groups excluding carboxylic acids is 1. The van der Waals surface area contributed by atoms with E-state index in [1.807, 2.05) is 0 Å². The molecule has 10 heteroatoms. The lowest BCUT2D eigenvalue weighted by Gasteiger charge is -2.15. The Bertz CT molecular complexity index is 1250. The number of phenols is 1. The van der Waals surface area contributed by atoms with Crippen LogP contribution in [0.2, 0.25) is 5.02 Å². The molecule has 160 valence electrons. The molecule has 4 bridgehead atoms. The van der Waals surface area contributed by atoms with Crippen LogP contribution in [0.1, 0.15) is 15.9 Å².